The first-order chi connectivity index (χ1) is 20.8. The van der Waals surface area contributed by atoms with Crippen LogP contribution < -0.4 is 0 Å². The molecule has 1 aliphatic heterocycles. The summed E-state index contributed by atoms with van der Waals surface area (Å²) < 4.78 is 2.38. The highest BCUT2D eigenvalue weighted by Gasteiger charge is 2.20. The predicted octanol–water partition coefficient (Wildman–Crippen LogP) is 10.8. The summed E-state index contributed by atoms with van der Waals surface area (Å²) in [7, 11) is 0. The fourth-order valence-corrected chi connectivity index (χ4v) is 7.66. The third kappa shape index (κ3) is 3.57. The van der Waals surface area contributed by atoms with Gasteiger partial charge in [-0.3, -0.25) is 4.98 Å². The van der Waals surface area contributed by atoms with Crippen molar-refractivity contribution in [2.75, 3.05) is 0 Å². The highest BCUT2D eigenvalue weighted by atomic mass is 32.2. The minimum absolute atomic E-state index is 1.12. The Morgan fingerprint density at radius 1 is 0.500 bits per heavy atom. The number of para-hydroxylation sites is 1. The lowest BCUT2D eigenvalue weighted by Gasteiger charge is -2.21. The molecule has 1 aliphatic rings. The first kappa shape index (κ1) is 23.6. The minimum Gasteiger partial charge on any atom is -0.309 e. The molecule has 0 spiro atoms. The Morgan fingerprint density at radius 3 is 2.21 bits per heavy atom. The van der Waals surface area contributed by atoms with Gasteiger partial charge in [0.15, 0.2) is 0 Å². The summed E-state index contributed by atoms with van der Waals surface area (Å²) in [5, 5.41) is 5.18. The van der Waals surface area contributed by atoms with Gasteiger partial charge < -0.3 is 4.57 Å². The van der Waals surface area contributed by atoms with Crippen LogP contribution in [0, 0.1) is 0 Å². The maximum absolute atomic E-state index is 4.33. The van der Waals surface area contributed by atoms with Gasteiger partial charge in [-0.25, -0.2) is 0 Å². The molecule has 0 radical (unpaired) electrons. The summed E-state index contributed by atoms with van der Waals surface area (Å²) in [5.74, 6) is 0. The molecule has 9 rings (SSSR count). The third-order valence-electron chi connectivity index (χ3n) is 8.46. The Morgan fingerprint density at radius 2 is 1.29 bits per heavy atom. The first-order valence-electron chi connectivity index (χ1n) is 14.2. The van der Waals surface area contributed by atoms with Crippen LogP contribution in [0.15, 0.2) is 156 Å². The summed E-state index contributed by atoms with van der Waals surface area (Å²) in [6.07, 6.45) is 3.74. The molecular formula is C39H24N2S. The van der Waals surface area contributed by atoms with Crippen LogP contribution in [0.25, 0.3) is 71.6 Å². The van der Waals surface area contributed by atoms with E-state index in [9.17, 15) is 0 Å². The molecule has 6 aromatic carbocycles. The number of hydrogen-bond acceptors (Lipinski definition) is 2. The number of rotatable bonds is 3. The van der Waals surface area contributed by atoms with E-state index in [1.807, 2.05) is 30.2 Å². The largest absolute Gasteiger partial charge is 0.309 e. The van der Waals surface area contributed by atoms with Crippen LogP contribution in [0.3, 0.4) is 0 Å². The second-order valence-electron chi connectivity index (χ2n) is 10.8. The monoisotopic (exact) mass is 552 g/mol. The predicted molar refractivity (Wildman–Crippen MR) is 177 cm³/mol. The molecule has 0 aliphatic carbocycles. The van der Waals surface area contributed by atoms with Crippen molar-refractivity contribution in [1.29, 1.82) is 0 Å². The first-order valence-corrected chi connectivity index (χ1v) is 15.0. The zero-order valence-corrected chi connectivity index (χ0v) is 23.5. The van der Waals surface area contributed by atoms with E-state index in [1.165, 1.54) is 64.6 Å². The Labute approximate surface area is 247 Å². The van der Waals surface area contributed by atoms with Crippen molar-refractivity contribution in [3.05, 3.63) is 146 Å². The van der Waals surface area contributed by atoms with Gasteiger partial charge in [0.05, 0.1) is 11.0 Å². The van der Waals surface area contributed by atoms with Gasteiger partial charge in [-0.2, -0.15) is 0 Å². The Bertz CT molecular complexity index is 2330. The molecule has 0 fully saturated rings. The van der Waals surface area contributed by atoms with Crippen molar-refractivity contribution < 1.29 is 0 Å². The SMILES string of the molecule is c1cncc(-c2cccc(-n3c4ccccc4c4cc(-c5ccc6c(c5)-c5cccc7cccc(c57)S6)ccc43)c2)c1. The van der Waals surface area contributed by atoms with Crippen LogP contribution in [0.5, 0.6) is 0 Å². The molecular weight excluding hydrogens is 529 g/mol. The molecule has 0 N–H and O–H groups in total. The Kier molecular flexibility index (Phi) is 5.16. The Balaban J connectivity index is 1.21. The zero-order chi connectivity index (χ0) is 27.6. The van der Waals surface area contributed by atoms with Gasteiger partial charge >= 0.3 is 0 Å². The van der Waals surface area contributed by atoms with E-state index in [1.54, 1.807) is 0 Å². The highest BCUT2D eigenvalue weighted by molar-refractivity contribution is 7.99. The lowest BCUT2D eigenvalue weighted by atomic mass is 9.94. The number of pyridine rings is 1. The number of aromatic nitrogens is 2. The fraction of sp³-hybridized carbons (Fsp3) is 0. The molecule has 3 heteroatoms. The summed E-state index contributed by atoms with van der Waals surface area (Å²) in [6, 6.07) is 48.7. The van der Waals surface area contributed by atoms with Gasteiger partial charge in [0.1, 0.15) is 0 Å². The van der Waals surface area contributed by atoms with E-state index in [4.69, 9.17) is 0 Å². The van der Waals surface area contributed by atoms with Gasteiger partial charge in [-0.15, -0.1) is 0 Å². The molecule has 2 aromatic heterocycles. The molecule has 0 unspecified atom stereocenters. The molecule has 42 heavy (non-hydrogen) atoms. The van der Waals surface area contributed by atoms with Crippen molar-refractivity contribution >= 4 is 44.3 Å². The highest BCUT2D eigenvalue weighted by Crippen LogP contribution is 2.49. The molecule has 0 saturated carbocycles. The van der Waals surface area contributed by atoms with E-state index in [0.717, 1.165) is 16.8 Å². The molecule has 3 heterocycles. The lowest BCUT2D eigenvalue weighted by molar-refractivity contribution is 1.18. The van der Waals surface area contributed by atoms with Crippen LogP contribution in [0.1, 0.15) is 0 Å². The standard InChI is InChI=1S/C39H24N2S/c1-2-14-35-31(12-1)33-22-27(16-18-36(33)41(35)30-11-3-9-26(21-30)29-10-6-20-40-24-29)28-17-19-37-34(23-28)32-13-4-7-25-8-5-15-38(42-37)39(25)32/h1-24H. The average molecular weight is 553 g/mol. The maximum Gasteiger partial charge on any atom is 0.0541 e. The van der Waals surface area contributed by atoms with Gasteiger partial charge in [0.25, 0.3) is 0 Å². The van der Waals surface area contributed by atoms with E-state index < -0.39 is 0 Å². The average Bonchev–Trinajstić information content (AvgIpc) is 3.39. The van der Waals surface area contributed by atoms with Crippen molar-refractivity contribution in [3.8, 4) is 39.1 Å². The molecule has 8 aromatic rings. The summed E-state index contributed by atoms with van der Waals surface area (Å²) >= 11 is 1.88. The summed E-state index contributed by atoms with van der Waals surface area (Å²) in [4.78, 5) is 6.99. The van der Waals surface area contributed by atoms with E-state index in [-0.39, 0.29) is 0 Å². The van der Waals surface area contributed by atoms with Crippen LogP contribution in [-0.4, -0.2) is 9.55 Å². The van der Waals surface area contributed by atoms with Crippen LogP contribution in [0.2, 0.25) is 0 Å². The van der Waals surface area contributed by atoms with Crippen molar-refractivity contribution in [2.24, 2.45) is 0 Å². The number of nitrogens with zero attached hydrogens (tertiary/aromatic N) is 2. The minimum atomic E-state index is 1.12. The summed E-state index contributed by atoms with van der Waals surface area (Å²) in [5.41, 5.74) is 10.9. The molecule has 0 saturated heterocycles. The topological polar surface area (TPSA) is 17.8 Å². The normalized spacial score (nSPS) is 12.2. The van der Waals surface area contributed by atoms with Crippen molar-refractivity contribution in [3.63, 3.8) is 0 Å². The van der Waals surface area contributed by atoms with Crippen molar-refractivity contribution in [2.45, 2.75) is 9.79 Å². The summed E-state index contributed by atoms with van der Waals surface area (Å²) in [6.45, 7) is 0. The Hall–Kier alpha value is -5.12. The third-order valence-corrected chi connectivity index (χ3v) is 9.60. The fourth-order valence-electron chi connectivity index (χ4n) is 6.53. The number of benzene rings is 6. The molecule has 196 valence electrons. The van der Waals surface area contributed by atoms with Gasteiger partial charge in [0, 0.05) is 49.6 Å². The van der Waals surface area contributed by atoms with Crippen LogP contribution in [-0.2, 0) is 0 Å². The molecule has 0 bridgehead atoms. The van der Waals surface area contributed by atoms with E-state index >= 15 is 0 Å². The van der Waals surface area contributed by atoms with Crippen LogP contribution in [0.4, 0.5) is 0 Å². The maximum atomic E-state index is 4.33. The molecule has 2 nitrogen and oxygen atoms in total. The van der Waals surface area contributed by atoms with Gasteiger partial charge in [-0.05, 0) is 87.8 Å². The van der Waals surface area contributed by atoms with Crippen LogP contribution >= 0.6 is 11.8 Å². The van der Waals surface area contributed by atoms with E-state index in [2.05, 4.69) is 137 Å². The second kappa shape index (κ2) is 9.20. The quantitative estimate of drug-likeness (QED) is 0.217. The lowest BCUT2D eigenvalue weighted by Crippen LogP contribution is -1.94. The number of hydrogen-bond donors (Lipinski definition) is 0. The van der Waals surface area contributed by atoms with E-state index in [0.29, 0.717) is 0 Å². The van der Waals surface area contributed by atoms with Crippen molar-refractivity contribution in [1.82, 2.24) is 9.55 Å². The second-order valence-corrected chi connectivity index (χ2v) is 11.9. The molecule has 0 amide bonds. The zero-order valence-electron chi connectivity index (χ0n) is 22.7. The van der Waals surface area contributed by atoms with Gasteiger partial charge in [-0.1, -0.05) is 90.6 Å². The van der Waals surface area contributed by atoms with Gasteiger partial charge in [0.2, 0.25) is 0 Å². The number of fused-ring (bicyclic) bond motifs is 5. The smallest absolute Gasteiger partial charge is 0.0541 e. The molecule has 0 atom stereocenters.